The maximum absolute atomic E-state index is 13.3. The number of nitrogens with zero attached hydrogens (tertiary/aromatic N) is 1. The molecule has 180 valence electrons. The molecule has 5 aliphatic rings. The van der Waals surface area contributed by atoms with Crippen molar-refractivity contribution in [3.63, 3.8) is 0 Å². The van der Waals surface area contributed by atoms with Crippen molar-refractivity contribution in [3.8, 4) is 5.75 Å². The van der Waals surface area contributed by atoms with E-state index in [0.29, 0.717) is 37.5 Å². The molecule has 0 radical (unpaired) electrons. The fraction of sp³-hybridized carbons (Fsp3) is 0.704. The standard InChI is InChI=1S/C27H39N3O3/c1-2-33-22-8-5-17(6-9-22)7-10-23(28)27(32)30-11-3-4-24(30)26(31)29-25-20-13-18-12-19(15-20)16-21(25)14-18/h5-6,8-9,18-21,23-25H,2-4,7,10-16,28H2,1H3,(H,29,31)/t18?,19?,20?,21?,23-,24+,25?/m0/s1. The number of hydrogen-bond acceptors (Lipinski definition) is 4. The van der Waals surface area contributed by atoms with Crippen LogP contribution >= 0.6 is 0 Å². The number of likely N-dealkylation sites (tertiary alicyclic amines) is 1. The number of ether oxygens (including phenoxy) is 1. The van der Waals surface area contributed by atoms with Gasteiger partial charge in [-0.15, -0.1) is 0 Å². The zero-order chi connectivity index (χ0) is 22.9. The van der Waals surface area contributed by atoms with Crippen molar-refractivity contribution in [2.24, 2.45) is 29.4 Å². The van der Waals surface area contributed by atoms with Crippen LogP contribution in [-0.4, -0.2) is 48.0 Å². The molecule has 6 rings (SSSR count). The van der Waals surface area contributed by atoms with Gasteiger partial charge in [0.15, 0.2) is 0 Å². The van der Waals surface area contributed by atoms with E-state index in [1.54, 1.807) is 4.90 Å². The summed E-state index contributed by atoms with van der Waals surface area (Å²) in [5.74, 6) is 3.89. The summed E-state index contributed by atoms with van der Waals surface area (Å²) in [5, 5.41) is 3.42. The van der Waals surface area contributed by atoms with Crippen LogP contribution in [0.5, 0.6) is 5.75 Å². The predicted molar refractivity (Wildman–Crippen MR) is 128 cm³/mol. The molecule has 2 atom stereocenters. The van der Waals surface area contributed by atoms with Crippen LogP contribution in [0, 0.1) is 23.7 Å². The number of carbonyl (C=O) groups excluding carboxylic acids is 2. The Morgan fingerprint density at radius 3 is 2.39 bits per heavy atom. The molecule has 6 heteroatoms. The first-order valence-electron chi connectivity index (χ1n) is 13.1. The molecule has 33 heavy (non-hydrogen) atoms. The summed E-state index contributed by atoms with van der Waals surface area (Å²) in [7, 11) is 0. The number of benzene rings is 1. The zero-order valence-electron chi connectivity index (χ0n) is 19.9. The number of carbonyl (C=O) groups is 2. The second-order valence-corrected chi connectivity index (χ2v) is 10.9. The highest BCUT2D eigenvalue weighted by Gasteiger charge is 2.49. The highest BCUT2D eigenvalue weighted by molar-refractivity contribution is 5.90. The molecule has 0 spiro atoms. The van der Waals surface area contributed by atoms with Crippen molar-refractivity contribution in [2.75, 3.05) is 13.2 Å². The number of nitrogens with two attached hydrogens (primary N) is 1. The van der Waals surface area contributed by atoms with E-state index in [1.165, 1.54) is 32.1 Å². The fourth-order valence-electron chi connectivity index (χ4n) is 7.30. The molecule has 1 heterocycles. The van der Waals surface area contributed by atoms with Gasteiger partial charge >= 0.3 is 0 Å². The van der Waals surface area contributed by atoms with E-state index in [1.807, 2.05) is 31.2 Å². The fourth-order valence-corrected chi connectivity index (χ4v) is 7.30. The summed E-state index contributed by atoms with van der Waals surface area (Å²) < 4.78 is 5.49. The minimum absolute atomic E-state index is 0.0528. The van der Waals surface area contributed by atoms with Crippen LogP contribution in [0.15, 0.2) is 24.3 Å². The van der Waals surface area contributed by atoms with Gasteiger partial charge in [0.1, 0.15) is 11.8 Å². The van der Waals surface area contributed by atoms with E-state index in [2.05, 4.69) is 5.32 Å². The molecule has 6 nitrogen and oxygen atoms in total. The molecule has 0 aromatic heterocycles. The molecule has 2 amide bonds. The molecule has 5 fully saturated rings. The lowest BCUT2D eigenvalue weighted by atomic mass is 9.54. The lowest BCUT2D eigenvalue weighted by molar-refractivity contribution is -0.141. The topological polar surface area (TPSA) is 84.7 Å². The third-order valence-electron chi connectivity index (χ3n) is 8.67. The molecule has 4 saturated carbocycles. The number of amides is 2. The van der Waals surface area contributed by atoms with Crippen molar-refractivity contribution in [3.05, 3.63) is 29.8 Å². The lowest BCUT2D eigenvalue weighted by Gasteiger charge is -2.54. The van der Waals surface area contributed by atoms with Gasteiger partial charge in [-0.1, -0.05) is 12.1 Å². The van der Waals surface area contributed by atoms with E-state index in [-0.39, 0.29) is 17.9 Å². The van der Waals surface area contributed by atoms with Crippen LogP contribution in [0.4, 0.5) is 0 Å². The summed E-state index contributed by atoms with van der Waals surface area (Å²) in [4.78, 5) is 28.2. The van der Waals surface area contributed by atoms with Crippen LogP contribution in [-0.2, 0) is 16.0 Å². The smallest absolute Gasteiger partial charge is 0.243 e. The second kappa shape index (κ2) is 9.65. The second-order valence-electron chi connectivity index (χ2n) is 10.9. The normalized spacial score (nSPS) is 33.2. The molecule has 1 aliphatic heterocycles. The Balaban J connectivity index is 1.15. The largest absolute Gasteiger partial charge is 0.494 e. The van der Waals surface area contributed by atoms with Gasteiger partial charge < -0.3 is 20.7 Å². The van der Waals surface area contributed by atoms with E-state index in [4.69, 9.17) is 10.5 Å². The Morgan fingerprint density at radius 1 is 1.09 bits per heavy atom. The highest BCUT2D eigenvalue weighted by atomic mass is 16.5. The molecular weight excluding hydrogens is 414 g/mol. The van der Waals surface area contributed by atoms with Gasteiger partial charge in [0, 0.05) is 12.6 Å². The summed E-state index contributed by atoms with van der Waals surface area (Å²) in [6, 6.07) is 7.35. The Kier molecular flexibility index (Phi) is 6.64. The zero-order valence-corrected chi connectivity index (χ0v) is 19.9. The van der Waals surface area contributed by atoms with E-state index < -0.39 is 6.04 Å². The summed E-state index contributed by atoms with van der Waals surface area (Å²) in [5.41, 5.74) is 7.45. The van der Waals surface area contributed by atoms with Crippen LogP contribution < -0.4 is 15.8 Å². The monoisotopic (exact) mass is 453 g/mol. The molecule has 1 saturated heterocycles. The minimum Gasteiger partial charge on any atom is -0.494 e. The number of aryl methyl sites for hydroxylation is 1. The quantitative estimate of drug-likeness (QED) is 0.633. The van der Waals surface area contributed by atoms with Crippen LogP contribution in [0.2, 0.25) is 0 Å². The van der Waals surface area contributed by atoms with Gasteiger partial charge in [-0.25, -0.2) is 0 Å². The van der Waals surface area contributed by atoms with Crippen molar-refractivity contribution >= 4 is 11.8 Å². The first kappa shape index (κ1) is 22.7. The van der Waals surface area contributed by atoms with Gasteiger partial charge in [-0.3, -0.25) is 9.59 Å². The first-order valence-corrected chi connectivity index (χ1v) is 13.1. The first-order chi connectivity index (χ1) is 16.0. The average Bonchev–Trinajstić information content (AvgIpc) is 3.30. The summed E-state index contributed by atoms with van der Waals surface area (Å²) in [6.07, 6.45) is 9.46. The van der Waals surface area contributed by atoms with E-state index in [0.717, 1.165) is 42.4 Å². The Morgan fingerprint density at radius 2 is 1.76 bits per heavy atom. The van der Waals surface area contributed by atoms with Gasteiger partial charge in [-0.05, 0) is 106 Å². The van der Waals surface area contributed by atoms with Crippen LogP contribution in [0.1, 0.15) is 63.9 Å². The van der Waals surface area contributed by atoms with Gasteiger partial charge in [-0.2, -0.15) is 0 Å². The maximum atomic E-state index is 13.3. The van der Waals surface area contributed by atoms with Crippen molar-refractivity contribution in [2.45, 2.75) is 82.8 Å². The molecule has 1 aromatic carbocycles. The number of nitrogens with one attached hydrogen (secondary N) is 1. The highest BCUT2D eigenvalue weighted by Crippen LogP contribution is 2.53. The Labute approximate surface area is 197 Å². The Bertz CT molecular complexity index is 827. The summed E-state index contributed by atoms with van der Waals surface area (Å²) >= 11 is 0. The van der Waals surface area contributed by atoms with Crippen LogP contribution in [0.3, 0.4) is 0 Å². The number of hydrogen-bond donors (Lipinski definition) is 2. The SMILES string of the molecule is CCOc1ccc(CC[C@H](N)C(=O)N2CCC[C@@H]2C(=O)NC2C3CC4CC(C3)CC2C4)cc1. The van der Waals surface area contributed by atoms with Gasteiger partial charge in [0.25, 0.3) is 0 Å². The van der Waals surface area contributed by atoms with Crippen molar-refractivity contribution in [1.29, 1.82) is 0 Å². The third kappa shape index (κ3) is 4.77. The molecule has 0 unspecified atom stereocenters. The Hall–Kier alpha value is -2.08. The van der Waals surface area contributed by atoms with Crippen molar-refractivity contribution in [1.82, 2.24) is 10.2 Å². The summed E-state index contributed by atoms with van der Waals surface area (Å²) in [6.45, 7) is 3.25. The molecule has 4 aliphatic carbocycles. The number of rotatable bonds is 8. The molecule has 4 bridgehead atoms. The van der Waals surface area contributed by atoms with Gasteiger partial charge in [0.05, 0.1) is 12.6 Å². The molecule has 1 aromatic rings. The lowest BCUT2D eigenvalue weighted by Crippen LogP contribution is -2.59. The van der Waals surface area contributed by atoms with E-state index in [9.17, 15) is 9.59 Å². The average molecular weight is 454 g/mol. The minimum atomic E-state index is -0.578. The maximum Gasteiger partial charge on any atom is 0.243 e. The van der Waals surface area contributed by atoms with Crippen LogP contribution in [0.25, 0.3) is 0 Å². The van der Waals surface area contributed by atoms with Crippen molar-refractivity contribution < 1.29 is 14.3 Å². The van der Waals surface area contributed by atoms with Gasteiger partial charge in [0.2, 0.25) is 11.8 Å². The molecular formula is C27H39N3O3. The molecule has 3 N–H and O–H groups in total. The predicted octanol–water partition coefficient (Wildman–Crippen LogP) is 3.28. The third-order valence-corrected chi connectivity index (χ3v) is 8.67. The van der Waals surface area contributed by atoms with E-state index >= 15 is 0 Å².